The summed E-state index contributed by atoms with van der Waals surface area (Å²) >= 11 is 0.906. The zero-order valence-electron chi connectivity index (χ0n) is 19.0. The number of benzene rings is 1. The molecule has 0 unspecified atom stereocenters. The van der Waals surface area contributed by atoms with E-state index in [1.165, 1.54) is 19.4 Å². The van der Waals surface area contributed by atoms with Crippen LogP contribution in [0.3, 0.4) is 0 Å². The third kappa shape index (κ3) is 4.80. The molecular formula is C25H26N6O2S. The number of imide groups is 1. The summed E-state index contributed by atoms with van der Waals surface area (Å²) in [4.78, 5) is 42.3. The van der Waals surface area contributed by atoms with Crippen molar-refractivity contribution in [2.75, 3.05) is 37.6 Å². The number of hydrogen-bond acceptors (Lipinski definition) is 8. The predicted octanol–water partition coefficient (Wildman–Crippen LogP) is 3.94. The summed E-state index contributed by atoms with van der Waals surface area (Å²) in [5.41, 5.74) is 3.31. The Morgan fingerprint density at radius 2 is 1.91 bits per heavy atom. The van der Waals surface area contributed by atoms with Gasteiger partial charge in [-0.25, -0.2) is 15.0 Å². The number of thioether (sulfide) groups is 1. The fourth-order valence-electron chi connectivity index (χ4n) is 4.26. The van der Waals surface area contributed by atoms with Crippen molar-refractivity contribution in [1.29, 1.82) is 0 Å². The Bertz CT molecular complexity index is 1250. The Balaban J connectivity index is 1.37. The van der Waals surface area contributed by atoms with E-state index in [-0.39, 0.29) is 11.1 Å². The standard InChI is InChI=1S/C25H26N6O2S/c1-2-3-8-30-9-11-31(12-10-30)22-7-5-18(15-26-22)23-19-13-17(4-6-20(19)27-16-28-23)14-21-24(32)29-25(33)34-21/h4-7,13-16H,2-3,8-12H2,1H3,(H,29,32,33). The van der Waals surface area contributed by atoms with E-state index < -0.39 is 0 Å². The summed E-state index contributed by atoms with van der Waals surface area (Å²) in [5, 5.41) is 2.80. The van der Waals surface area contributed by atoms with Crippen molar-refractivity contribution in [3.8, 4) is 11.3 Å². The molecule has 2 amide bonds. The number of aromatic nitrogens is 3. The molecule has 5 rings (SSSR count). The van der Waals surface area contributed by atoms with Crippen LogP contribution in [0, 0.1) is 0 Å². The highest BCUT2D eigenvalue weighted by Gasteiger charge is 2.25. The maximum absolute atomic E-state index is 11.9. The summed E-state index contributed by atoms with van der Waals surface area (Å²) in [6, 6.07) is 9.83. The van der Waals surface area contributed by atoms with Crippen LogP contribution in [0.1, 0.15) is 25.3 Å². The van der Waals surface area contributed by atoms with Gasteiger partial charge in [-0.1, -0.05) is 19.4 Å². The quantitative estimate of drug-likeness (QED) is 0.537. The van der Waals surface area contributed by atoms with Gasteiger partial charge >= 0.3 is 0 Å². The van der Waals surface area contributed by atoms with Gasteiger partial charge < -0.3 is 4.90 Å². The number of piperazine rings is 1. The van der Waals surface area contributed by atoms with Gasteiger partial charge in [0.2, 0.25) is 0 Å². The number of amides is 2. The van der Waals surface area contributed by atoms with Crippen molar-refractivity contribution in [1.82, 2.24) is 25.2 Å². The average Bonchev–Trinajstić information content (AvgIpc) is 3.19. The van der Waals surface area contributed by atoms with E-state index in [0.29, 0.717) is 4.91 Å². The molecule has 174 valence electrons. The van der Waals surface area contributed by atoms with E-state index in [1.54, 1.807) is 12.4 Å². The summed E-state index contributed by atoms with van der Waals surface area (Å²) < 4.78 is 0. The molecule has 2 aliphatic rings. The molecule has 3 aromatic rings. The minimum absolute atomic E-state index is 0.352. The van der Waals surface area contributed by atoms with Gasteiger partial charge in [0.05, 0.1) is 16.1 Å². The van der Waals surface area contributed by atoms with Crippen molar-refractivity contribution in [3.63, 3.8) is 0 Å². The molecule has 1 aromatic carbocycles. The van der Waals surface area contributed by atoms with Gasteiger partial charge in [-0.3, -0.25) is 19.8 Å². The highest BCUT2D eigenvalue weighted by molar-refractivity contribution is 8.18. The smallest absolute Gasteiger partial charge is 0.290 e. The first-order valence-corrected chi connectivity index (χ1v) is 12.4. The highest BCUT2D eigenvalue weighted by atomic mass is 32.2. The number of nitrogens with one attached hydrogen (secondary N) is 1. The van der Waals surface area contributed by atoms with Gasteiger partial charge in [-0.05, 0) is 60.6 Å². The third-order valence-electron chi connectivity index (χ3n) is 6.14. The van der Waals surface area contributed by atoms with E-state index in [9.17, 15) is 9.59 Å². The lowest BCUT2D eigenvalue weighted by molar-refractivity contribution is -0.115. The summed E-state index contributed by atoms with van der Waals surface area (Å²) in [6.45, 7) is 7.52. The third-order valence-corrected chi connectivity index (χ3v) is 6.96. The van der Waals surface area contributed by atoms with E-state index in [4.69, 9.17) is 4.98 Å². The number of rotatable bonds is 6. The zero-order valence-corrected chi connectivity index (χ0v) is 19.8. The fourth-order valence-corrected chi connectivity index (χ4v) is 4.94. The van der Waals surface area contributed by atoms with Gasteiger partial charge in [0.25, 0.3) is 11.1 Å². The number of nitrogens with zero attached hydrogens (tertiary/aromatic N) is 5. The normalized spacial score (nSPS) is 18.1. The van der Waals surface area contributed by atoms with Crippen LogP contribution < -0.4 is 10.2 Å². The molecule has 2 saturated heterocycles. The number of fused-ring (bicyclic) bond motifs is 1. The van der Waals surface area contributed by atoms with Crippen molar-refractivity contribution in [2.24, 2.45) is 0 Å². The van der Waals surface area contributed by atoms with Gasteiger partial charge in [-0.15, -0.1) is 0 Å². The SMILES string of the molecule is CCCCN1CCN(c2ccc(-c3ncnc4ccc(C=C5SC(=O)NC5=O)cc34)cn2)CC1. The van der Waals surface area contributed by atoms with Gasteiger partial charge in [0, 0.05) is 43.3 Å². The lowest BCUT2D eigenvalue weighted by Gasteiger charge is -2.35. The number of anilines is 1. The van der Waals surface area contributed by atoms with E-state index in [0.717, 1.165) is 71.5 Å². The van der Waals surface area contributed by atoms with Crippen molar-refractivity contribution >= 4 is 45.7 Å². The number of unbranched alkanes of at least 4 members (excludes halogenated alkanes) is 1. The first kappa shape index (κ1) is 22.5. The maximum atomic E-state index is 11.9. The topological polar surface area (TPSA) is 91.3 Å². The molecule has 34 heavy (non-hydrogen) atoms. The monoisotopic (exact) mass is 474 g/mol. The Kier molecular flexibility index (Phi) is 6.55. The molecule has 2 aliphatic heterocycles. The Morgan fingerprint density at radius 1 is 1.06 bits per heavy atom. The molecule has 2 fully saturated rings. The van der Waals surface area contributed by atoms with Crippen LogP contribution >= 0.6 is 11.8 Å². The fraction of sp³-hybridized carbons (Fsp3) is 0.320. The Labute approximate surface area is 202 Å². The second kappa shape index (κ2) is 9.90. The molecule has 8 nitrogen and oxygen atoms in total. The number of hydrogen-bond donors (Lipinski definition) is 1. The zero-order chi connectivity index (χ0) is 23.5. The van der Waals surface area contributed by atoms with Crippen molar-refractivity contribution in [3.05, 3.63) is 53.3 Å². The largest absolute Gasteiger partial charge is 0.354 e. The lowest BCUT2D eigenvalue weighted by atomic mass is 10.1. The summed E-state index contributed by atoms with van der Waals surface area (Å²) in [7, 11) is 0. The Hall–Kier alpha value is -3.30. The van der Waals surface area contributed by atoms with Crippen LogP contribution in [0.2, 0.25) is 0 Å². The van der Waals surface area contributed by atoms with E-state index in [1.807, 2.05) is 24.4 Å². The van der Waals surface area contributed by atoms with Crippen LogP contribution in [0.25, 0.3) is 28.2 Å². The first-order chi connectivity index (χ1) is 16.6. The van der Waals surface area contributed by atoms with Crippen LogP contribution in [-0.2, 0) is 4.79 Å². The predicted molar refractivity (Wildman–Crippen MR) is 135 cm³/mol. The molecule has 9 heteroatoms. The molecule has 0 atom stereocenters. The molecule has 0 bridgehead atoms. The minimum Gasteiger partial charge on any atom is -0.354 e. The Morgan fingerprint density at radius 3 is 2.62 bits per heavy atom. The molecule has 4 heterocycles. The van der Waals surface area contributed by atoms with Crippen molar-refractivity contribution in [2.45, 2.75) is 19.8 Å². The number of pyridine rings is 1. The second-order valence-corrected chi connectivity index (χ2v) is 9.45. The minimum atomic E-state index is -0.370. The summed E-state index contributed by atoms with van der Waals surface area (Å²) in [6.07, 6.45) is 7.61. The number of carbonyl (C=O) groups excluding carboxylic acids is 2. The molecule has 0 radical (unpaired) electrons. The molecular weight excluding hydrogens is 448 g/mol. The van der Waals surface area contributed by atoms with Gasteiger partial charge in [0.15, 0.2) is 0 Å². The first-order valence-electron chi connectivity index (χ1n) is 11.5. The van der Waals surface area contributed by atoms with E-state index in [2.05, 4.69) is 44.1 Å². The maximum Gasteiger partial charge on any atom is 0.290 e. The molecule has 2 aromatic heterocycles. The lowest BCUT2D eigenvalue weighted by Crippen LogP contribution is -2.46. The molecule has 0 aliphatic carbocycles. The second-order valence-electron chi connectivity index (χ2n) is 8.44. The molecule has 1 N–H and O–H groups in total. The van der Waals surface area contributed by atoms with Crippen LogP contribution in [0.4, 0.5) is 10.6 Å². The van der Waals surface area contributed by atoms with Crippen LogP contribution in [0.15, 0.2) is 47.8 Å². The van der Waals surface area contributed by atoms with Crippen LogP contribution in [0.5, 0.6) is 0 Å². The van der Waals surface area contributed by atoms with E-state index >= 15 is 0 Å². The molecule has 0 saturated carbocycles. The highest BCUT2D eigenvalue weighted by Crippen LogP contribution is 2.30. The average molecular weight is 475 g/mol. The van der Waals surface area contributed by atoms with Gasteiger partial charge in [-0.2, -0.15) is 0 Å². The molecule has 0 spiro atoms. The summed E-state index contributed by atoms with van der Waals surface area (Å²) in [5.74, 6) is 0.613. The van der Waals surface area contributed by atoms with Crippen molar-refractivity contribution < 1.29 is 9.59 Å². The van der Waals surface area contributed by atoms with Gasteiger partial charge in [0.1, 0.15) is 12.1 Å². The van der Waals surface area contributed by atoms with Crippen LogP contribution in [-0.4, -0.2) is 63.7 Å². The number of carbonyl (C=O) groups is 2.